The highest BCUT2D eigenvalue weighted by molar-refractivity contribution is 6.31. The first-order valence-corrected chi connectivity index (χ1v) is 6.92. The summed E-state index contributed by atoms with van der Waals surface area (Å²) in [6.45, 7) is 1.86. The van der Waals surface area contributed by atoms with Crippen LogP contribution in [-0.4, -0.2) is 19.0 Å². The van der Waals surface area contributed by atoms with Gasteiger partial charge in [0, 0.05) is 10.6 Å². The highest BCUT2D eigenvalue weighted by atomic mass is 35.5. The van der Waals surface area contributed by atoms with E-state index in [0.717, 1.165) is 11.3 Å². The van der Waals surface area contributed by atoms with E-state index in [1.807, 2.05) is 6.92 Å². The van der Waals surface area contributed by atoms with Crippen molar-refractivity contribution in [2.24, 2.45) is 10.7 Å². The molecule has 5 nitrogen and oxygen atoms in total. The Kier molecular flexibility index (Phi) is 5.01. The summed E-state index contributed by atoms with van der Waals surface area (Å²) < 4.78 is 5.06. The Morgan fingerprint density at radius 3 is 2.50 bits per heavy atom. The zero-order chi connectivity index (χ0) is 16.1. The molecule has 0 aliphatic rings. The molecule has 0 unspecified atom stereocenters. The second-order valence-corrected chi connectivity index (χ2v) is 5.10. The number of benzene rings is 2. The van der Waals surface area contributed by atoms with Crippen molar-refractivity contribution in [2.75, 3.05) is 7.11 Å². The minimum Gasteiger partial charge on any atom is -0.497 e. The van der Waals surface area contributed by atoms with Crippen LogP contribution in [0.3, 0.4) is 0 Å². The van der Waals surface area contributed by atoms with Crippen molar-refractivity contribution in [3.63, 3.8) is 0 Å². The summed E-state index contributed by atoms with van der Waals surface area (Å²) in [5.41, 5.74) is 7.68. The Bertz CT molecular complexity index is 692. The van der Waals surface area contributed by atoms with Crippen LogP contribution in [-0.2, 0) is 0 Å². The monoisotopic (exact) mass is 317 g/mol. The van der Waals surface area contributed by atoms with Gasteiger partial charge >= 0.3 is 0 Å². The number of carbonyl (C=O) groups excluding carboxylic acids is 1. The number of nitrogens with one attached hydrogen (secondary N) is 1. The van der Waals surface area contributed by atoms with Crippen LogP contribution in [0.1, 0.15) is 15.9 Å². The maximum atomic E-state index is 12.1. The van der Waals surface area contributed by atoms with Crippen LogP contribution in [0.2, 0.25) is 5.02 Å². The van der Waals surface area contributed by atoms with Crippen LogP contribution in [0.4, 0.5) is 5.69 Å². The highest BCUT2D eigenvalue weighted by Gasteiger charge is 2.08. The number of rotatable bonds is 3. The molecular weight excluding hydrogens is 302 g/mol. The molecule has 1 amide bonds. The topological polar surface area (TPSA) is 76.7 Å². The van der Waals surface area contributed by atoms with Crippen LogP contribution < -0.4 is 15.8 Å². The van der Waals surface area contributed by atoms with Gasteiger partial charge in [0.05, 0.1) is 12.8 Å². The summed E-state index contributed by atoms with van der Waals surface area (Å²) in [5, 5.41) is 3.02. The Labute approximate surface area is 133 Å². The zero-order valence-electron chi connectivity index (χ0n) is 12.3. The van der Waals surface area contributed by atoms with E-state index in [0.29, 0.717) is 16.3 Å². The number of guanidine groups is 1. The molecule has 114 valence electrons. The molecule has 0 saturated heterocycles. The molecule has 0 aliphatic heterocycles. The minimum atomic E-state index is -0.361. The fraction of sp³-hybridized carbons (Fsp3) is 0.125. The first kappa shape index (κ1) is 15.9. The van der Waals surface area contributed by atoms with E-state index < -0.39 is 0 Å². The number of hydrogen-bond donors (Lipinski definition) is 2. The molecule has 0 atom stereocenters. The molecule has 0 bridgehead atoms. The lowest BCUT2D eigenvalue weighted by Crippen LogP contribution is -2.36. The van der Waals surface area contributed by atoms with E-state index in [1.54, 1.807) is 49.6 Å². The fourth-order valence-corrected chi connectivity index (χ4v) is 2.17. The van der Waals surface area contributed by atoms with Crippen LogP contribution in [0.5, 0.6) is 5.75 Å². The summed E-state index contributed by atoms with van der Waals surface area (Å²) >= 11 is 5.94. The first-order valence-electron chi connectivity index (χ1n) is 6.54. The van der Waals surface area contributed by atoms with Gasteiger partial charge in [0.2, 0.25) is 5.96 Å². The molecule has 0 aromatic heterocycles. The molecule has 6 heteroatoms. The maximum absolute atomic E-state index is 12.1. The first-order chi connectivity index (χ1) is 10.5. The summed E-state index contributed by atoms with van der Waals surface area (Å²) in [7, 11) is 1.58. The number of nitrogens with two attached hydrogens (primary N) is 1. The van der Waals surface area contributed by atoms with Crippen LogP contribution >= 0.6 is 11.6 Å². The quantitative estimate of drug-likeness (QED) is 0.674. The number of nitrogens with zero attached hydrogens (tertiary/aromatic N) is 1. The Hall–Kier alpha value is -2.53. The van der Waals surface area contributed by atoms with Gasteiger partial charge in [0.1, 0.15) is 5.75 Å². The SMILES string of the molecule is COc1ccc(N=C(N)NC(=O)c2cc(C)cc(Cl)c2)cc1. The number of hydrogen-bond acceptors (Lipinski definition) is 3. The molecule has 2 aromatic rings. The summed E-state index contributed by atoms with van der Waals surface area (Å²) in [5.74, 6) is 0.365. The van der Waals surface area contributed by atoms with Crippen LogP contribution in [0.15, 0.2) is 47.5 Å². The molecule has 0 radical (unpaired) electrons. The van der Waals surface area contributed by atoms with Crippen LogP contribution in [0.25, 0.3) is 0 Å². The van der Waals surface area contributed by atoms with Crippen molar-refractivity contribution in [3.8, 4) is 5.75 Å². The van der Waals surface area contributed by atoms with Gasteiger partial charge in [-0.15, -0.1) is 0 Å². The Balaban J connectivity index is 2.11. The molecule has 2 aromatic carbocycles. The number of methoxy groups -OCH3 is 1. The number of halogens is 1. The Morgan fingerprint density at radius 2 is 1.91 bits per heavy atom. The van der Waals surface area contributed by atoms with Crippen molar-refractivity contribution in [1.29, 1.82) is 0 Å². The normalized spacial score (nSPS) is 11.1. The van der Waals surface area contributed by atoms with Gasteiger partial charge in [0.25, 0.3) is 5.91 Å². The number of ether oxygens (including phenoxy) is 1. The molecular formula is C16H16ClN3O2. The van der Waals surface area contributed by atoms with Crippen molar-refractivity contribution < 1.29 is 9.53 Å². The number of carbonyl (C=O) groups is 1. The van der Waals surface area contributed by atoms with E-state index in [4.69, 9.17) is 22.1 Å². The molecule has 0 saturated carbocycles. The van der Waals surface area contributed by atoms with Crippen molar-refractivity contribution in [3.05, 3.63) is 58.6 Å². The van der Waals surface area contributed by atoms with E-state index in [-0.39, 0.29) is 11.9 Å². The smallest absolute Gasteiger partial charge is 0.258 e. The molecule has 0 heterocycles. The third kappa shape index (κ3) is 4.23. The average Bonchev–Trinajstić information content (AvgIpc) is 2.47. The lowest BCUT2D eigenvalue weighted by atomic mass is 10.1. The maximum Gasteiger partial charge on any atom is 0.258 e. The van der Waals surface area contributed by atoms with Gasteiger partial charge in [-0.1, -0.05) is 11.6 Å². The summed E-state index contributed by atoms with van der Waals surface area (Å²) in [4.78, 5) is 16.2. The average molecular weight is 318 g/mol. The van der Waals surface area contributed by atoms with E-state index in [2.05, 4.69) is 10.3 Å². The van der Waals surface area contributed by atoms with Gasteiger partial charge in [-0.2, -0.15) is 0 Å². The third-order valence-electron chi connectivity index (χ3n) is 2.87. The highest BCUT2D eigenvalue weighted by Crippen LogP contribution is 2.17. The largest absolute Gasteiger partial charge is 0.497 e. The molecule has 0 fully saturated rings. The predicted molar refractivity (Wildman–Crippen MR) is 87.9 cm³/mol. The van der Waals surface area contributed by atoms with E-state index in [9.17, 15) is 4.79 Å². The van der Waals surface area contributed by atoms with Gasteiger partial charge in [-0.3, -0.25) is 10.1 Å². The van der Waals surface area contributed by atoms with E-state index in [1.165, 1.54) is 0 Å². The molecule has 22 heavy (non-hydrogen) atoms. The standard InChI is InChI=1S/C16H16ClN3O2/c1-10-7-11(9-12(17)8-10)15(21)20-16(18)19-13-3-5-14(22-2)6-4-13/h3-9H,1-2H3,(H3,18,19,20,21). The van der Waals surface area contributed by atoms with Crippen molar-refractivity contribution >= 4 is 29.2 Å². The van der Waals surface area contributed by atoms with Gasteiger partial charge in [-0.25, -0.2) is 4.99 Å². The second kappa shape index (κ2) is 6.95. The van der Waals surface area contributed by atoms with E-state index >= 15 is 0 Å². The molecule has 2 rings (SSSR count). The van der Waals surface area contributed by atoms with Crippen molar-refractivity contribution in [2.45, 2.75) is 6.92 Å². The second-order valence-electron chi connectivity index (χ2n) is 4.67. The van der Waals surface area contributed by atoms with Gasteiger partial charge < -0.3 is 10.5 Å². The number of aliphatic imine (C=N–C) groups is 1. The predicted octanol–water partition coefficient (Wildman–Crippen LogP) is 3.03. The Morgan fingerprint density at radius 1 is 1.23 bits per heavy atom. The van der Waals surface area contributed by atoms with Crippen molar-refractivity contribution in [1.82, 2.24) is 5.32 Å². The van der Waals surface area contributed by atoms with Gasteiger partial charge in [-0.05, 0) is 55.0 Å². The molecule has 0 spiro atoms. The zero-order valence-corrected chi connectivity index (χ0v) is 13.0. The van der Waals surface area contributed by atoms with Crippen LogP contribution in [0, 0.1) is 6.92 Å². The lowest BCUT2D eigenvalue weighted by molar-refractivity contribution is 0.0976. The third-order valence-corrected chi connectivity index (χ3v) is 3.09. The number of amides is 1. The lowest BCUT2D eigenvalue weighted by Gasteiger charge is -2.06. The summed E-state index contributed by atoms with van der Waals surface area (Å²) in [6.07, 6.45) is 0. The summed E-state index contributed by atoms with van der Waals surface area (Å²) in [6, 6.07) is 12.1. The minimum absolute atomic E-state index is 0.00722. The molecule has 0 aliphatic carbocycles. The fourth-order valence-electron chi connectivity index (χ4n) is 1.88. The molecule has 3 N–H and O–H groups in total. The van der Waals surface area contributed by atoms with Gasteiger partial charge in [0.15, 0.2) is 0 Å². The number of aryl methyl sites for hydroxylation is 1.